The van der Waals surface area contributed by atoms with Gasteiger partial charge in [0.2, 0.25) is 0 Å². The van der Waals surface area contributed by atoms with Crippen LogP contribution in [0.25, 0.3) is 0 Å². The summed E-state index contributed by atoms with van der Waals surface area (Å²) in [6.45, 7) is 9.70. The van der Waals surface area contributed by atoms with Crippen LogP contribution in [0.15, 0.2) is 0 Å². The summed E-state index contributed by atoms with van der Waals surface area (Å²) >= 11 is 0. The average molecular weight is 282 g/mol. The van der Waals surface area contributed by atoms with Crippen LogP contribution < -0.4 is 5.32 Å². The molecule has 4 nitrogen and oxygen atoms in total. The molecule has 0 radical (unpaired) electrons. The summed E-state index contributed by atoms with van der Waals surface area (Å²) in [5.74, 6) is -0.0658. The molecule has 0 bridgehead atoms. The second-order valence-corrected chi connectivity index (χ2v) is 7.30. The van der Waals surface area contributed by atoms with Crippen molar-refractivity contribution in [3.63, 3.8) is 0 Å². The zero-order chi connectivity index (χ0) is 14.9. The third-order valence-electron chi connectivity index (χ3n) is 4.95. The number of nitrogens with one attached hydrogen (secondary N) is 1. The van der Waals surface area contributed by atoms with Gasteiger partial charge in [0.1, 0.15) is 5.54 Å². The first-order chi connectivity index (χ1) is 9.33. The van der Waals surface area contributed by atoms with Gasteiger partial charge >= 0.3 is 5.97 Å². The number of carboxylic acid groups (broad SMARTS) is 1. The molecule has 0 aromatic rings. The number of likely N-dealkylation sites (tertiary alicyclic amines) is 1. The van der Waals surface area contributed by atoms with Crippen LogP contribution in [0.3, 0.4) is 0 Å². The van der Waals surface area contributed by atoms with Gasteiger partial charge < -0.3 is 5.11 Å². The van der Waals surface area contributed by atoms with Crippen LogP contribution in [0.4, 0.5) is 0 Å². The van der Waals surface area contributed by atoms with Gasteiger partial charge in [-0.15, -0.1) is 0 Å². The van der Waals surface area contributed by atoms with Gasteiger partial charge in [-0.3, -0.25) is 15.0 Å². The Hall–Kier alpha value is -0.610. The van der Waals surface area contributed by atoms with Crippen molar-refractivity contribution in [2.45, 2.75) is 83.5 Å². The van der Waals surface area contributed by atoms with Crippen LogP contribution in [0.2, 0.25) is 0 Å². The van der Waals surface area contributed by atoms with Crippen LogP contribution >= 0.6 is 0 Å². The first kappa shape index (κ1) is 15.8. The molecule has 1 saturated heterocycles. The number of rotatable bonds is 7. The Balaban J connectivity index is 2.00. The average Bonchev–Trinajstić information content (AvgIpc) is 3.01. The van der Waals surface area contributed by atoms with Gasteiger partial charge in [-0.25, -0.2) is 0 Å². The van der Waals surface area contributed by atoms with Crippen molar-refractivity contribution in [1.82, 2.24) is 10.2 Å². The standard InChI is InChI=1S/C16H30N2O2/c1-11(2)14-6-5-9-18(14)12(3)10-16(4,15(19)20)17-13-7-8-13/h11-14,17H,5-10H2,1-4H3,(H,19,20). The Morgan fingerprint density at radius 1 is 1.35 bits per heavy atom. The van der Waals surface area contributed by atoms with Crippen molar-refractivity contribution in [3.05, 3.63) is 0 Å². The Bertz CT molecular complexity index is 354. The van der Waals surface area contributed by atoms with Crippen molar-refractivity contribution in [3.8, 4) is 0 Å². The van der Waals surface area contributed by atoms with Crippen LogP contribution in [0.1, 0.15) is 59.8 Å². The first-order valence-electron chi connectivity index (χ1n) is 8.10. The number of carbonyl (C=O) groups is 1. The summed E-state index contributed by atoms with van der Waals surface area (Å²) in [5.41, 5.74) is -0.787. The van der Waals surface area contributed by atoms with E-state index in [-0.39, 0.29) is 0 Å². The van der Waals surface area contributed by atoms with Crippen molar-refractivity contribution in [1.29, 1.82) is 0 Å². The summed E-state index contributed by atoms with van der Waals surface area (Å²) in [4.78, 5) is 14.2. The molecule has 20 heavy (non-hydrogen) atoms. The molecule has 0 amide bonds. The molecule has 0 aromatic heterocycles. The summed E-state index contributed by atoms with van der Waals surface area (Å²) in [7, 11) is 0. The Morgan fingerprint density at radius 3 is 2.50 bits per heavy atom. The lowest BCUT2D eigenvalue weighted by Gasteiger charge is -2.37. The molecule has 2 aliphatic rings. The van der Waals surface area contributed by atoms with Gasteiger partial charge in [-0.1, -0.05) is 13.8 Å². The van der Waals surface area contributed by atoms with Crippen LogP contribution in [0, 0.1) is 5.92 Å². The molecule has 2 fully saturated rings. The lowest BCUT2D eigenvalue weighted by molar-refractivity contribution is -0.145. The van der Waals surface area contributed by atoms with E-state index >= 15 is 0 Å². The van der Waals surface area contributed by atoms with Crippen molar-refractivity contribution in [2.24, 2.45) is 5.92 Å². The van der Waals surface area contributed by atoms with E-state index in [1.807, 2.05) is 6.92 Å². The predicted molar refractivity (Wildman–Crippen MR) is 80.8 cm³/mol. The van der Waals surface area contributed by atoms with Crippen LogP contribution in [-0.2, 0) is 4.79 Å². The number of hydrogen-bond donors (Lipinski definition) is 2. The monoisotopic (exact) mass is 282 g/mol. The zero-order valence-corrected chi connectivity index (χ0v) is 13.4. The molecule has 2 N–H and O–H groups in total. The van der Waals surface area contributed by atoms with Crippen molar-refractivity contribution < 1.29 is 9.90 Å². The highest BCUT2D eigenvalue weighted by Gasteiger charge is 2.42. The third-order valence-corrected chi connectivity index (χ3v) is 4.95. The van der Waals surface area contributed by atoms with Gasteiger partial charge in [-0.05, 0) is 58.4 Å². The fourth-order valence-electron chi connectivity index (χ4n) is 3.67. The Labute approximate surface area is 122 Å². The van der Waals surface area contributed by atoms with Gasteiger partial charge in [0.25, 0.3) is 0 Å². The molecule has 0 aromatic carbocycles. The second kappa shape index (κ2) is 6.02. The molecular weight excluding hydrogens is 252 g/mol. The minimum atomic E-state index is -0.787. The van der Waals surface area contributed by atoms with Crippen molar-refractivity contribution in [2.75, 3.05) is 6.54 Å². The van der Waals surface area contributed by atoms with E-state index in [9.17, 15) is 9.90 Å². The van der Waals surface area contributed by atoms with E-state index in [1.165, 1.54) is 12.8 Å². The zero-order valence-electron chi connectivity index (χ0n) is 13.4. The summed E-state index contributed by atoms with van der Waals surface area (Å²) in [6, 6.07) is 1.35. The SMILES string of the molecule is CC(C)C1CCCN1C(C)CC(C)(NC1CC1)C(=O)O. The van der Waals surface area contributed by atoms with E-state index in [4.69, 9.17) is 0 Å². The second-order valence-electron chi connectivity index (χ2n) is 7.30. The fraction of sp³-hybridized carbons (Fsp3) is 0.938. The van der Waals surface area contributed by atoms with Gasteiger partial charge in [0.15, 0.2) is 0 Å². The molecule has 116 valence electrons. The highest BCUT2D eigenvalue weighted by Crippen LogP contribution is 2.30. The number of hydrogen-bond acceptors (Lipinski definition) is 3. The van der Waals surface area contributed by atoms with Gasteiger partial charge in [0, 0.05) is 18.1 Å². The van der Waals surface area contributed by atoms with Crippen LogP contribution in [-0.4, -0.2) is 46.2 Å². The molecule has 1 aliphatic carbocycles. The molecule has 1 saturated carbocycles. The number of aliphatic carboxylic acids is 1. The molecule has 2 rings (SSSR count). The summed E-state index contributed by atoms with van der Waals surface area (Å²) in [5, 5.41) is 12.9. The summed E-state index contributed by atoms with van der Waals surface area (Å²) in [6.07, 6.45) is 5.42. The fourth-order valence-corrected chi connectivity index (χ4v) is 3.67. The lowest BCUT2D eigenvalue weighted by atomic mass is 9.91. The molecule has 0 spiro atoms. The molecule has 1 heterocycles. The highest BCUT2D eigenvalue weighted by molar-refractivity contribution is 5.78. The Kier molecular flexibility index (Phi) is 4.75. The quantitative estimate of drug-likeness (QED) is 0.753. The molecule has 3 atom stereocenters. The maximum absolute atomic E-state index is 11.7. The number of carboxylic acids is 1. The lowest BCUT2D eigenvalue weighted by Crippen LogP contribution is -2.55. The van der Waals surface area contributed by atoms with Gasteiger partial charge in [-0.2, -0.15) is 0 Å². The first-order valence-corrected chi connectivity index (χ1v) is 8.10. The maximum Gasteiger partial charge on any atom is 0.323 e. The third kappa shape index (κ3) is 3.53. The predicted octanol–water partition coefficient (Wildman–Crippen LogP) is 2.48. The molecular formula is C16H30N2O2. The minimum absolute atomic E-state index is 0.317. The number of nitrogens with zero attached hydrogens (tertiary/aromatic N) is 1. The molecule has 4 heteroatoms. The highest BCUT2D eigenvalue weighted by atomic mass is 16.4. The van der Waals surface area contributed by atoms with Gasteiger partial charge in [0.05, 0.1) is 0 Å². The van der Waals surface area contributed by atoms with E-state index < -0.39 is 11.5 Å². The minimum Gasteiger partial charge on any atom is -0.480 e. The normalized spacial score (nSPS) is 28.6. The van der Waals surface area contributed by atoms with E-state index in [2.05, 4.69) is 31.0 Å². The largest absolute Gasteiger partial charge is 0.480 e. The molecule has 3 unspecified atom stereocenters. The van der Waals surface area contributed by atoms with E-state index in [0.29, 0.717) is 30.5 Å². The molecule has 1 aliphatic heterocycles. The maximum atomic E-state index is 11.7. The smallest absolute Gasteiger partial charge is 0.323 e. The van der Waals surface area contributed by atoms with E-state index in [1.54, 1.807) is 0 Å². The van der Waals surface area contributed by atoms with Crippen molar-refractivity contribution >= 4 is 5.97 Å². The van der Waals surface area contributed by atoms with Crippen LogP contribution in [0.5, 0.6) is 0 Å². The topological polar surface area (TPSA) is 52.6 Å². The Morgan fingerprint density at radius 2 is 2.00 bits per heavy atom. The summed E-state index contributed by atoms with van der Waals surface area (Å²) < 4.78 is 0. The van der Waals surface area contributed by atoms with E-state index in [0.717, 1.165) is 19.4 Å².